The van der Waals surface area contributed by atoms with Gasteiger partial charge in [0.2, 0.25) is 0 Å². The standard InChI is InChI=1S/C24H37N5OS/c1-25-24(26-17-19-9-6-12-28(2)23(19)22-11-8-16-31-22)27-18-20(21-10-7-15-30-21)29-13-4-3-5-14-29/h7-8,10-11,15-16,19-20,23H,3-6,9,12-14,17-18H2,1-2H3,(H2,25,26,27). The summed E-state index contributed by atoms with van der Waals surface area (Å²) in [4.78, 5) is 11.0. The van der Waals surface area contributed by atoms with Gasteiger partial charge in [0, 0.05) is 31.1 Å². The highest BCUT2D eigenvalue weighted by Crippen LogP contribution is 2.36. The Morgan fingerprint density at radius 3 is 2.74 bits per heavy atom. The van der Waals surface area contributed by atoms with Gasteiger partial charge in [-0.3, -0.25) is 14.8 Å². The summed E-state index contributed by atoms with van der Waals surface area (Å²) in [6, 6.07) is 9.27. The quantitative estimate of drug-likeness (QED) is 0.498. The molecule has 2 aromatic heterocycles. The SMILES string of the molecule is CN=C(NCC1CCCN(C)C1c1cccs1)NCC(c1ccco1)N1CCCCC1. The molecule has 6 nitrogen and oxygen atoms in total. The van der Waals surface area contributed by atoms with E-state index in [1.165, 1.54) is 43.5 Å². The van der Waals surface area contributed by atoms with Crippen LogP contribution in [-0.4, -0.2) is 62.6 Å². The molecule has 170 valence electrons. The Morgan fingerprint density at radius 1 is 1.16 bits per heavy atom. The van der Waals surface area contributed by atoms with Crippen LogP contribution in [0.4, 0.5) is 0 Å². The molecule has 0 radical (unpaired) electrons. The maximum absolute atomic E-state index is 5.79. The molecule has 0 amide bonds. The van der Waals surface area contributed by atoms with Crippen molar-refractivity contribution in [1.82, 2.24) is 20.4 Å². The number of thiophene rings is 1. The molecule has 2 aromatic rings. The molecule has 0 bridgehead atoms. The van der Waals surface area contributed by atoms with Crippen LogP contribution in [-0.2, 0) is 0 Å². The fourth-order valence-corrected chi connectivity index (χ4v) is 6.13. The van der Waals surface area contributed by atoms with Gasteiger partial charge in [0.15, 0.2) is 5.96 Å². The summed E-state index contributed by atoms with van der Waals surface area (Å²) in [6.07, 6.45) is 8.15. The highest BCUT2D eigenvalue weighted by atomic mass is 32.1. The molecule has 2 saturated heterocycles. The molecule has 4 heterocycles. The first-order valence-electron chi connectivity index (χ1n) is 11.7. The van der Waals surface area contributed by atoms with Gasteiger partial charge in [0.1, 0.15) is 5.76 Å². The molecule has 0 aliphatic carbocycles. The number of aliphatic imine (C=N–C) groups is 1. The Morgan fingerprint density at radius 2 is 2.03 bits per heavy atom. The molecule has 3 atom stereocenters. The van der Waals surface area contributed by atoms with E-state index in [-0.39, 0.29) is 6.04 Å². The lowest BCUT2D eigenvalue weighted by Crippen LogP contribution is -2.47. The lowest BCUT2D eigenvalue weighted by Gasteiger charge is -2.39. The predicted octanol–water partition coefficient (Wildman–Crippen LogP) is 4.12. The number of nitrogens with one attached hydrogen (secondary N) is 2. The Balaban J connectivity index is 1.35. The smallest absolute Gasteiger partial charge is 0.191 e. The normalized spacial score (nSPS) is 24.8. The Kier molecular flexibility index (Phi) is 8.05. The Hall–Kier alpha value is -1.83. The summed E-state index contributed by atoms with van der Waals surface area (Å²) in [5, 5.41) is 9.40. The van der Waals surface area contributed by atoms with Gasteiger partial charge in [0.05, 0.1) is 12.3 Å². The van der Waals surface area contributed by atoms with E-state index in [2.05, 4.69) is 56.1 Å². The van der Waals surface area contributed by atoms with Crippen LogP contribution < -0.4 is 10.6 Å². The third kappa shape index (κ3) is 5.70. The van der Waals surface area contributed by atoms with Gasteiger partial charge in [-0.25, -0.2) is 0 Å². The van der Waals surface area contributed by atoms with E-state index in [9.17, 15) is 0 Å². The van der Waals surface area contributed by atoms with Crippen molar-refractivity contribution in [2.75, 3.05) is 46.8 Å². The second kappa shape index (κ2) is 11.2. The fourth-order valence-electron chi connectivity index (χ4n) is 5.14. The first-order valence-corrected chi connectivity index (χ1v) is 12.6. The molecule has 2 N–H and O–H groups in total. The predicted molar refractivity (Wildman–Crippen MR) is 129 cm³/mol. The maximum atomic E-state index is 5.79. The molecular formula is C24H37N5OS. The highest BCUT2D eigenvalue weighted by molar-refractivity contribution is 7.10. The number of hydrogen-bond acceptors (Lipinski definition) is 5. The molecule has 3 unspecified atom stereocenters. The van der Waals surface area contributed by atoms with Crippen molar-refractivity contribution in [2.45, 2.75) is 44.2 Å². The first-order chi connectivity index (χ1) is 15.3. The van der Waals surface area contributed by atoms with Crippen LogP contribution in [0.15, 0.2) is 45.3 Å². The Bertz CT molecular complexity index is 785. The fraction of sp³-hybridized carbons (Fsp3) is 0.625. The molecule has 31 heavy (non-hydrogen) atoms. The minimum Gasteiger partial charge on any atom is -0.468 e. The van der Waals surface area contributed by atoms with Gasteiger partial charge in [-0.2, -0.15) is 0 Å². The van der Waals surface area contributed by atoms with Gasteiger partial charge in [0.25, 0.3) is 0 Å². The van der Waals surface area contributed by atoms with E-state index in [1.54, 1.807) is 6.26 Å². The molecule has 4 rings (SSSR count). The van der Waals surface area contributed by atoms with E-state index >= 15 is 0 Å². The van der Waals surface area contributed by atoms with E-state index < -0.39 is 0 Å². The second-order valence-corrected chi connectivity index (χ2v) is 9.78. The molecular weight excluding hydrogens is 406 g/mol. The molecule has 2 aliphatic heterocycles. The van der Waals surface area contributed by atoms with Crippen molar-refractivity contribution in [3.63, 3.8) is 0 Å². The average Bonchev–Trinajstić information content (AvgIpc) is 3.51. The van der Waals surface area contributed by atoms with Crippen LogP contribution in [0, 0.1) is 5.92 Å². The van der Waals surface area contributed by atoms with Crippen molar-refractivity contribution in [3.05, 3.63) is 46.5 Å². The molecule has 0 aromatic carbocycles. The summed E-state index contributed by atoms with van der Waals surface area (Å²) in [5.74, 6) is 2.50. The van der Waals surface area contributed by atoms with Gasteiger partial charge in [-0.15, -0.1) is 11.3 Å². The summed E-state index contributed by atoms with van der Waals surface area (Å²) < 4.78 is 5.79. The van der Waals surface area contributed by atoms with Crippen LogP contribution in [0.25, 0.3) is 0 Å². The average molecular weight is 444 g/mol. The molecule has 2 aliphatic rings. The minimum absolute atomic E-state index is 0.244. The lowest BCUT2D eigenvalue weighted by molar-refractivity contribution is 0.125. The van der Waals surface area contributed by atoms with Gasteiger partial charge >= 0.3 is 0 Å². The zero-order chi connectivity index (χ0) is 21.5. The van der Waals surface area contributed by atoms with Gasteiger partial charge in [-0.1, -0.05) is 12.5 Å². The van der Waals surface area contributed by atoms with Crippen molar-refractivity contribution >= 4 is 17.3 Å². The third-order valence-electron chi connectivity index (χ3n) is 6.76. The second-order valence-electron chi connectivity index (χ2n) is 8.81. The van der Waals surface area contributed by atoms with Crippen LogP contribution in [0.1, 0.15) is 54.8 Å². The molecule has 7 heteroatoms. The highest BCUT2D eigenvalue weighted by Gasteiger charge is 2.31. The number of hydrogen-bond donors (Lipinski definition) is 2. The van der Waals surface area contributed by atoms with Crippen molar-refractivity contribution < 1.29 is 4.42 Å². The zero-order valence-corrected chi connectivity index (χ0v) is 19.7. The molecule has 0 spiro atoms. The molecule has 0 saturated carbocycles. The largest absolute Gasteiger partial charge is 0.468 e. The number of furan rings is 1. The van der Waals surface area contributed by atoms with Crippen LogP contribution in [0.2, 0.25) is 0 Å². The minimum atomic E-state index is 0.244. The number of nitrogens with zero attached hydrogens (tertiary/aromatic N) is 3. The summed E-state index contributed by atoms with van der Waals surface area (Å²) in [5.41, 5.74) is 0. The summed E-state index contributed by atoms with van der Waals surface area (Å²) >= 11 is 1.87. The van der Waals surface area contributed by atoms with Crippen molar-refractivity contribution in [2.24, 2.45) is 10.9 Å². The monoisotopic (exact) mass is 443 g/mol. The lowest BCUT2D eigenvalue weighted by atomic mass is 9.88. The third-order valence-corrected chi connectivity index (χ3v) is 7.71. The van der Waals surface area contributed by atoms with Crippen LogP contribution in [0.5, 0.6) is 0 Å². The van der Waals surface area contributed by atoms with Crippen LogP contribution >= 0.6 is 11.3 Å². The Labute approximate surface area is 190 Å². The number of rotatable bonds is 7. The van der Waals surface area contributed by atoms with E-state index in [0.29, 0.717) is 12.0 Å². The molecule has 2 fully saturated rings. The topological polar surface area (TPSA) is 56.0 Å². The number of likely N-dealkylation sites (tertiary alicyclic amines) is 2. The number of guanidine groups is 1. The van der Waals surface area contributed by atoms with E-state index in [0.717, 1.165) is 37.9 Å². The summed E-state index contributed by atoms with van der Waals surface area (Å²) in [6.45, 7) is 5.17. The van der Waals surface area contributed by atoms with Crippen LogP contribution in [0.3, 0.4) is 0 Å². The zero-order valence-electron chi connectivity index (χ0n) is 18.9. The van der Waals surface area contributed by atoms with Crippen molar-refractivity contribution in [1.29, 1.82) is 0 Å². The number of piperidine rings is 2. The van der Waals surface area contributed by atoms with E-state index in [4.69, 9.17) is 4.42 Å². The summed E-state index contributed by atoms with van der Waals surface area (Å²) in [7, 11) is 4.12. The van der Waals surface area contributed by atoms with Gasteiger partial charge in [-0.05, 0) is 81.9 Å². The van der Waals surface area contributed by atoms with E-state index in [1.807, 2.05) is 24.5 Å². The van der Waals surface area contributed by atoms with Gasteiger partial charge < -0.3 is 15.1 Å². The maximum Gasteiger partial charge on any atom is 0.191 e. The first kappa shape index (κ1) is 22.4. The van der Waals surface area contributed by atoms with Crippen molar-refractivity contribution in [3.8, 4) is 0 Å².